The molecule has 1 saturated heterocycles. The molecule has 0 aromatic heterocycles. The Kier molecular flexibility index (Phi) is 6.68. The van der Waals surface area contributed by atoms with E-state index in [1.165, 1.54) is 30.6 Å². The number of amides is 1. The predicted molar refractivity (Wildman–Crippen MR) is 115 cm³/mol. The fourth-order valence-corrected chi connectivity index (χ4v) is 5.09. The van der Waals surface area contributed by atoms with Crippen molar-refractivity contribution < 1.29 is 9.53 Å². The van der Waals surface area contributed by atoms with E-state index in [-0.39, 0.29) is 5.91 Å². The molecule has 1 aliphatic carbocycles. The number of rotatable bonds is 6. The number of carbonyl (C=O) groups is 1. The smallest absolute Gasteiger partial charge is 0.255 e. The molecule has 5 heteroatoms. The third-order valence-electron chi connectivity index (χ3n) is 5.42. The van der Waals surface area contributed by atoms with Crippen molar-refractivity contribution in [2.75, 3.05) is 31.6 Å². The Morgan fingerprint density at radius 1 is 1.07 bits per heavy atom. The predicted octanol–water partition coefficient (Wildman–Crippen LogP) is 4.81. The molecule has 1 saturated carbocycles. The van der Waals surface area contributed by atoms with Crippen LogP contribution in [0, 0.1) is 0 Å². The zero-order valence-corrected chi connectivity index (χ0v) is 17.0. The number of anilines is 1. The first-order chi connectivity index (χ1) is 13.8. The molecule has 0 spiro atoms. The van der Waals surface area contributed by atoms with E-state index in [1.807, 2.05) is 42.1 Å². The van der Waals surface area contributed by atoms with Crippen LogP contribution in [0.3, 0.4) is 0 Å². The third-order valence-corrected chi connectivity index (χ3v) is 6.77. The van der Waals surface area contributed by atoms with Crippen LogP contribution in [0.15, 0.2) is 53.4 Å². The zero-order chi connectivity index (χ0) is 19.2. The van der Waals surface area contributed by atoms with Crippen LogP contribution >= 0.6 is 11.8 Å². The third kappa shape index (κ3) is 5.37. The molecule has 4 nitrogen and oxygen atoms in total. The van der Waals surface area contributed by atoms with Gasteiger partial charge in [-0.2, -0.15) is 0 Å². The average molecular weight is 397 g/mol. The maximum Gasteiger partial charge on any atom is 0.255 e. The summed E-state index contributed by atoms with van der Waals surface area (Å²) in [5.41, 5.74) is 2.72. The molecule has 2 aliphatic rings. The quantitative estimate of drug-likeness (QED) is 0.761. The first kappa shape index (κ1) is 19.5. The van der Waals surface area contributed by atoms with Crippen molar-refractivity contribution in [2.45, 2.75) is 42.4 Å². The standard InChI is InChI=1S/C23H28N2O2S/c26-23(19-5-3-4-18(16-19)17-25-12-14-27-15-13-25)24-20-8-10-22(11-9-20)28-21-6-1-2-7-21/h3-5,8-11,16,21H,1-2,6-7,12-15,17H2,(H,24,26). The lowest BCUT2D eigenvalue weighted by Crippen LogP contribution is -2.35. The lowest BCUT2D eigenvalue weighted by atomic mass is 10.1. The van der Waals surface area contributed by atoms with E-state index < -0.39 is 0 Å². The Labute approximate surface area is 171 Å². The molecule has 2 aromatic carbocycles. The fraction of sp³-hybridized carbons (Fsp3) is 0.435. The lowest BCUT2D eigenvalue weighted by Gasteiger charge is -2.26. The van der Waals surface area contributed by atoms with Crippen LogP contribution in [-0.4, -0.2) is 42.4 Å². The summed E-state index contributed by atoms with van der Waals surface area (Å²) in [6.45, 7) is 4.32. The van der Waals surface area contributed by atoms with Crippen molar-refractivity contribution in [3.8, 4) is 0 Å². The number of thioether (sulfide) groups is 1. The second-order valence-corrected chi connectivity index (χ2v) is 8.97. The van der Waals surface area contributed by atoms with Gasteiger partial charge in [-0.15, -0.1) is 11.8 Å². The van der Waals surface area contributed by atoms with E-state index in [4.69, 9.17) is 4.74 Å². The Hall–Kier alpha value is -1.82. The summed E-state index contributed by atoms with van der Waals surface area (Å²) in [6.07, 6.45) is 5.36. The lowest BCUT2D eigenvalue weighted by molar-refractivity contribution is 0.0342. The molecular formula is C23H28N2O2S. The average Bonchev–Trinajstić information content (AvgIpc) is 3.23. The second-order valence-electron chi connectivity index (χ2n) is 7.59. The maximum absolute atomic E-state index is 12.7. The van der Waals surface area contributed by atoms with Crippen LogP contribution in [-0.2, 0) is 11.3 Å². The summed E-state index contributed by atoms with van der Waals surface area (Å²) in [5, 5.41) is 3.79. The Balaban J connectivity index is 1.34. The van der Waals surface area contributed by atoms with Crippen molar-refractivity contribution in [3.63, 3.8) is 0 Å². The van der Waals surface area contributed by atoms with E-state index in [9.17, 15) is 4.79 Å². The molecule has 0 unspecified atom stereocenters. The van der Waals surface area contributed by atoms with Gasteiger partial charge in [0.2, 0.25) is 0 Å². The summed E-state index contributed by atoms with van der Waals surface area (Å²) in [7, 11) is 0. The van der Waals surface area contributed by atoms with E-state index in [0.717, 1.165) is 49.3 Å². The van der Waals surface area contributed by atoms with Crippen molar-refractivity contribution in [1.82, 2.24) is 4.90 Å². The fourth-order valence-electron chi connectivity index (χ4n) is 3.85. The van der Waals surface area contributed by atoms with Crippen LogP contribution in [0.5, 0.6) is 0 Å². The van der Waals surface area contributed by atoms with Crippen molar-refractivity contribution in [3.05, 3.63) is 59.7 Å². The first-order valence-corrected chi connectivity index (χ1v) is 11.1. The number of nitrogens with one attached hydrogen (secondary N) is 1. The maximum atomic E-state index is 12.7. The Morgan fingerprint density at radius 2 is 1.82 bits per heavy atom. The van der Waals surface area contributed by atoms with Gasteiger partial charge in [0.05, 0.1) is 13.2 Å². The van der Waals surface area contributed by atoms with Gasteiger partial charge < -0.3 is 10.1 Å². The second kappa shape index (κ2) is 9.59. The van der Waals surface area contributed by atoms with Crippen LogP contribution in [0.25, 0.3) is 0 Å². The normalized spacial score (nSPS) is 18.3. The van der Waals surface area contributed by atoms with E-state index in [0.29, 0.717) is 5.56 Å². The largest absolute Gasteiger partial charge is 0.379 e. The van der Waals surface area contributed by atoms with Gasteiger partial charge in [-0.05, 0) is 54.8 Å². The summed E-state index contributed by atoms with van der Waals surface area (Å²) >= 11 is 1.97. The number of benzene rings is 2. The van der Waals surface area contributed by atoms with Crippen LogP contribution < -0.4 is 5.32 Å². The minimum Gasteiger partial charge on any atom is -0.379 e. The summed E-state index contributed by atoms with van der Waals surface area (Å²) in [5.74, 6) is -0.0555. The van der Waals surface area contributed by atoms with E-state index in [1.54, 1.807) is 0 Å². The van der Waals surface area contributed by atoms with Gasteiger partial charge in [-0.25, -0.2) is 0 Å². The molecule has 4 rings (SSSR count). The van der Waals surface area contributed by atoms with Gasteiger partial charge in [-0.3, -0.25) is 9.69 Å². The molecule has 1 amide bonds. The Bertz CT molecular complexity index is 781. The highest BCUT2D eigenvalue weighted by Crippen LogP contribution is 2.35. The molecule has 0 atom stereocenters. The molecule has 0 radical (unpaired) electrons. The monoisotopic (exact) mass is 396 g/mol. The molecule has 1 heterocycles. The number of carbonyl (C=O) groups excluding carboxylic acids is 1. The Morgan fingerprint density at radius 3 is 2.57 bits per heavy atom. The molecule has 148 valence electrons. The number of nitrogens with zero attached hydrogens (tertiary/aromatic N) is 1. The summed E-state index contributed by atoms with van der Waals surface area (Å²) in [6, 6.07) is 16.2. The molecule has 2 aromatic rings. The minimum atomic E-state index is -0.0555. The molecule has 1 aliphatic heterocycles. The van der Waals surface area contributed by atoms with Gasteiger partial charge >= 0.3 is 0 Å². The number of morpholine rings is 1. The van der Waals surface area contributed by atoms with Gasteiger partial charge in [0.25, 0.3) is 5.91 Å². The van der Waals surface area contributed by atoms with Gasteiger partial charge in [0, 0.05) is 41.0 Å². The van der Waals surface area contributed by atoms with Crippen LogP contribution in [0.4, 0.5) is 5.69 Å². The van der Waals surface area contributed by atoms with Crippen molar-refractivity contribution in [2.24, 2.45) is 0 Å². The van der Waals surface area contributed by atoms with Crippen LogP contribution in [0.2, 0.25) is 0 Å². The molecule has 2 fully saturated rings. The highest BCUT2D eigenvalue weighted by Gasteiger charge is 2.16. The zero-order valence-electron chi connectivity index (χ0n) is 16.2. The van der Waals surface area contributed by atoms with E-state index >= 15 is 0 Å². The van der Waals surface area contributed by atoms with Gasteiger partial charge in [0.15, 0.2) is 0 Å². The molecule has 1 N–H and O–H groups in total. The number of hydrogen-bond donors (Lipinski definition) is 1. The number of hydrogen-bond acceptors (Lipinski definition) is 4. The summed E-state index contributed by atoms with van der Waals surface area (Å²) in [4.78, 5) is 16.3. The van der Waals surface area contributed by atoms with Crippen molar-refractivity contribution in [1.29, 1.82) is 0 Å². The first-order valence-electron chi connectivity index (χ1n) is 10.2. The highest BCUT2D eigenvalue weighted by atomic mass is 32.2. The topological polar surface area (TPSA) is 41.6 Å². The van der Waals surface area contributed by atoms with Gasteiger partial charge in [-0.1, -0.05) is 25.0 Å². The molecule has 0 bridgehead atoms. The molecular weight excluding hydrogens is 368 g/mol. The van der Waals surface area contributed by atoms with E-state index in [2.05, 4.69) is 28.4 Å². The highest BCUT2D eigenvalue weighted by molar-refractivity contribution is 8.00. The molecule has 28 heavy (non-hydrogen) atoms. The van der Waals surface area contributed by atoms with Crippen molar-refractivity contribution >= 4 is 23.4 Å². The minimum absolute atomic E-state index is 0.0555. The van der Waals surface area contributed by atoms with Crippen LogP contribution in [0.1, 0.15) is 41.6 Å². The number of ether oxygens (including phenoxy) is 1. The SMILES string of the molecule is O=C(Nc1ccc(SC2CCCC2)cc1)c1cccc(CN2CCOCC2)c1. The van der Waals surface area contributed by atoms with Gasteiger partial charge in [0.1, 0.15) is 0 Å². The summed E-state index contributed by atoms with van der Waals surface area (Å²) < 4.78 is 5.40.